The lowest BCUT2D eigenvalue weighted by molar-refractivity contribution is -0.119. The van der Waals surface area contributed by atoms with Crippen LogP contribution in [0.2, 0.25) is 0 Å². The zero-order valence-corrected chi connectivity index (χ0v) is 16.9. The Morgan fingerprint density at radius 1 is 0.643 bits per heavy atom. The molecule has 0 spiro atoms. The van der Waals surface area contributed by atoms with Gasteiger partial charge in [0, 0.05) is 11.4 Å². The van der Waals surface area contributed by atoms with Gasteiger partial charge in [0.1, 0.15) is 0 Å². The minimum absolute atomic E-state index is 0.0772. The summed E-state index contributed by atoms with van der Waals surface area (Å²) < 4.78 is 0. The molecule has 0 aliphatic heterocycles. The zero-order valence-electron chi connectivity index (χ0n) is 16.9. The summed E-state index contributed by atoms with van der Waals surface area (Å²) in [5.74, 6) is -0.230. The van der Waals surface area contributed by atoms with Gasteiger partial charge < -0.3 is 22.1 Å². The van der Waals surface area contributed by atoms with Crippen LogP contribution in [0.4, 0.5) is 11.4 Å². The first-order valence-corrected chi connectivity index (χ1v) is 9.52. The minimum Gasteiger partial charge on any atom is -0.325 e. The van der Waals surface area contributed by atoms with Crippen LogP contribution in [0.3, 0.4) is 0 Å². The maximum Gasteiger partial charge on any atom is 0.241 e. The third-order valence-corrected chi connectivity index (χ3v) is 4.68. The number of amides is 2. The monoisotopic (exact) mass is 382 g/mol. The molecule has 6 nitrogen and oxygen atoms in total. The number of hydrogen-bond acceptors (Lipinski definition) is 4. The molecule has 2 aromatic rings. The van der Waals surface area contributed by atoms with Gasteiger partial charge in [0.05, 0.1) is 12.1 Å². The van der Waals surface area contributed by atoms with Crippen molar-refractivity contribution in [3.63, 3.8) is 0 Å². The fourth-order valence-corrected chi connectivity index (χ4v) is 2.55. The molecule has 6 heteroatoms. The van der Waals surface area contributed by atoms with Crippen molar-refractivity contribution in [2.24, 2.45) is 23.3 Å². The maximum absolute atomic E-state index is 12.0. The molecule has 0 radical (unpaired) electrons. The summed E-state index contributed by atoms with van der Waals surface area (Å²) in [6, 6.07) is 14.0. The van der Waals surface area contributed by atoms with Crippen molar-refractivity contribution in [3.05, 3.63) is 48.5 Å². The second-order valence-corrected chi connectivity index (χ2v) is 7.67. The van der Waals surface area contributed by atoms with Gasteiger partial charge in [-0.15, -0.1) is 0 Å². The summed E-state index contributed by atoms with van der Waals surface area (Å²) in [6.07, 6.45) is 0. The first kappa shape index (κ1) is 21.6. The van der Waals surface area contributed by atoms with Gasteiger partial charge in [-0.1, -0.05) is 52.0 Å². The van der Waals surface area contributed by atoms with Crippen LogP contribution >= 0.6 is 0 Å². The van der Waals surface area contributed by atoms with E-state index in [1.807, 2.05) is 76.2 Å². The van der Waals surface area contributed by atoms with Crippen LogP contribution in [0.25, 0.3) is 11.1 Å². The molecular formula is C22H30N4O2. The molecule has 28 heavy (non-hydrogen) atoms. The van der Waals surface area contributed by atoms with Crippen LogP contribution in [0.1, 0.15) is 27.7 Å². The predicted molar refractivity (Wildman–Crippen MR) is 115 cm³/mol. The van der Waals surface area contributed by atoms with Crippen LogP contribution in [0.15, 0.2) is 48.5 Å². The molecule has 2 aromatic carbocycles. The molecule has 2 atom stereocenters. The largest absolute Gasteiger partial charge is 0.325 e. The van der Waals surface area contributed by atoms with Gasteiger partial charge >= 0.3 is 0 Å². The summed E-state index contributed by atoms with van der Waals surface area (Å²) in [5, 5.41) is 5.66. The predicted octanol–water partition coefficient (Wildman–Crippen LogP) is 3.20. The van der Waals surface area contributed by atoms with Crippen molar-refractivity contribution in [3.8, 4) is 11.1 Å². The molecule has 2 amide bonds. The lowest BCUT2D eigenvalue weighted by Gasteiger charge is -2.16. The molecule has 6 N–H and O–H groups in total. The quantitative estimate of drug-likeness (QED) is 0.589. The molecule has 2 rings (SSSR count). The average molecular weight is 383 g/mol. The number of carbonyl (C=O) groups is 2. The molecule has 0 unspecified atom stereocenters. The van der Waals surface area contributed by atoms with E-state index in [4.69, 9.17) is 11.5 Å². The van der Waals surface area contributed by atoms with E-state index in [1.165, 1.54) is 0 Å². The van der Waals surface area contributed by atoms with Crippen LogP contribution < -0.4 is 22.1 Å². The van der Waals surface area contributed by atoms with E-state index in [0.717, 1.165) is 11.1 Å². The van der Waals surface area contributed by atoms with Crippen molar-refractivity contribution in [2.45, 2.75) is 39.8 Å². The number of nitrogens with two attached hydrogens (primary N) is 2. The first-order chi connectivity index (χ1) is 13.2. The Morgan fingerprint density at radius 2 is 0.929 bits per heavy atom. The number of benzene rings is 2. The van der Waals surface area contributed by atoms with Crippen LogP contribution in [-0.4, -0.2) is 23.9 Å². The van der Waals surface area contributed by atoms with Gasteiger partial charge in [-0.2, -0.15) is 0 Å². The highest BCUT2D eigenvalue weighted by Crippen LogP contribution is 2.23. The fraction of sp³-hybridized carbons (Fsp3) is 0.364. The van der Waals surface area contributed by atoms with E-state index in [1.54, 1.807) is 0 Å². The van der Waals surface area contributed by atoms with Crippen molar-refractivity contribution in [1.82, 2.24) is 0 Å². The molecule has 0 bridgehead atoms. The molecular weight excluding hydrogens is 352 g/mol. The smallest absolute Gasteiger partial charge is 0.241 e. The van der Waals surface area contributed by atoms with E-state index in [-0.39, 0.29) is 23.7 Å². The highest BCUT2D eigenvalue weighted by molar-refractivity contribution is 5.95. The van der Waals surface area contributed by atoms with E-state index in [0.29, 0.717) is 11.4 Å². The highest BCUT2D eigenvalue weighted by Gasteiger charge is 2.18. The normalized spacial score (nSPS) is 13.3. The topological polar surface area (TPSA) is 110 Å². The highest BCUT2D eigenvalue weighted by atomic mass is 16.2. The van der Waals surface area contributed by atoms with Crippen molar-refractivity contribution in [2.75, 3.05) is 10.6 Å². The standard InChI is InChI=1S/C22H30N4O2/c1-13(2)19(23)21(27)25-17-9-5-15(6-10-17)16-7-11-18(12-8-16)26-22(28)20(24)14(3)4/h5-14,19-20H,23-24H2,1-4H3,(H,25,27)(H,26,28)/t19-,20-/m0/s1. The van der Waals surface area contributed by atoms with Gasteiger partial charge in [0.25, 0.3) is 0 Å². The lowest BCUT2D eigenvalue weighted by atomic mass is 10.0. The van der Waals surface area contributed by atoms with E-state index < -0.39 is 12.1 Å². The van der Waals surface area contributed by atoms with Gasteiger partial charge in [0.2, 0.25) is 11.8 Å². The molecule has 150 valence electrons. The lowest BCUT2D eigenvalue weighted by Crippen LogP contribution is -2.39. The molecule has 0 fully saturated rings. The SMILES string of the molecule is CC(C)[C@H](N)C(=O)Nc1ccc(-c2ccc(NC(=O)[C@@H](N)C(C)C)cc2)cc1. The summed E-state index contributed by atoms with van der Waals surface area (Å²) in [7, 11) is 0. The Hall–Kier alpha value is -2.70. The van der Waals surface area contributed by atoms with Gasteiger partial charge in [-0.25, -0.2) is 0 Å². The molecule has 0 saturated heterocycles. The summed E-state index contributed by atoms with van der Waals surface area (Å²) in [5.41, 5.74) is 15.1. The molecule has 0 aromatic heterocycles. The number of nitrogens with one attached hydrogen (secondary N) is 2. The number of hydrogen-bond donors (Lipinski definition) is 4. The van der Waals surface area contributed by atoms with Crippen LogP contribution in [0.5, 0.6) is 0 Å². The second kappa shape index (κ2) is 9.48. The van der Waals surface area contributed by atoms with Crippen molar-refractivity contribution in [1.29, 1.82) is 0 Å². The molecule has 0 heterocycles. The number of rotatable bonds is 7. The zero-order chi connectivity index (χ0) is 20.8. The number of anilines is 2. The third-order valence-electron chi connectivity index (χ3n) is 4.68. The Bertz CT molecular complexity index is 729. The summed E-state index contributed by atoms with van der Waals surface area (Å²) >= 11 is 0. The van der Waals surface area contributed by atoms with Gasteiger partial charge in [-0.3, -0.25) is 9.59 Å². The number of carbonyl (C=O) groups excluding carboxylic acids is 2. The van der Waals surface area contributed by atoms with E-state index in [9.17, 15) is 9.59 Å². The van der Waals surface area contributed by atoms with Crippen LogP contribution in [0, 0.1) is 11.8 Å². The summed E-state index contributed by atoms with van der Waals surface area (Å²) in [4.78, 5) is 24.1. The Labute approximate surface area is 166 Å². The Balaban J connectivity index is 2.02. The molecule has 0 saturated carbocycles. The minimum atomic E-state index is -0.536. The van der Waals surface area contributed by atoms with E-state index >= 15 is 0 Å². The first-order valence-electron chi connectivity index (χ1n) is 9.52. The Morgan fingerprint density at radius 3 is 1.18 bits per heavy atom. The van der Waals surface area contributed by atoms with Crippen molar-refractivity contribution < 1.29 is 9.59 Å². The van der Waals surface area contributed by atoms with Crippen LogP contribution in [-0.2, 0) is 9.59 Å². The fourth-order valence-electron chi connectivity index (χ4n) is 2.55. The van der Waals surface area contributed by atoms with Gasteiger partial charge in [-0.05, 0) is 47.2 Å². The maximum atomic E-state index is 12.0. The summed E-state index contributed by atoms with van der Waals surface area (Å²) in [6.45, 7) is 7.65. The average Bonchev–Trinajstić information content (AvgIpc) is 2.67. The van der Waals surface area contributed by atoms with Crippen molar-refractivity contribution >= 4 is 23.2 Å². The van der Waals surface area contributed by atoms with Gasteiger partial charge in [0.15, 0.2) is 0 Å². The molecule has 0 aliphatic rings. The third kappa shape index (κ3) is 5.65. The van der Waals surface area contributed by atoms with E-state index in [2.05, 4.69) is 10.6 Å². The second-order valence-electron chi connectivity index (χ2n) is 7.67. The molecule has 0 aliphatic carbocycles. The Kier molecular flexibility index (Phi) is 7.31.